The Morgan fingerprint density at radius 3 is 2.52 bits per heavy atom. The van der Waals surface area contributed by atoms with E-state index in [1.54, 1.807) is 12.4 Å². The van der Waals surface area contributed by atoms with Crippen LogP contribution in [0.2, 0.25) is 5.02 Å². The fourth-order valence-corrected chi connectivity index (χ4v) is 4.23. The van der Waals surface area contributed by atoms with Gasteiger partial charge in [-0.1, -0.05) is 29.8 Å². The standard InChI is InChI=1S/C20H25ClN4/c21-17-13-23-20(24-14-17)25-10-7-15(8-11-25)19-12-16(19)6-9-22-18-4-2-1-3-5-18/h1-5,13-16,19,22H,6-12H2/t16-,19-/m1/s1. The van der Waals surface area contributed by atoms with Crippen LogP contribution in [0.1, 0.15) is 25.7 Å². The van der Waals surface area contributed by atoms with E-state index >= 15 is 0 Å². The van der Waals surface area contributed by atoms with Gasteiger partial charge in [0.15, 0.2) is 0 Å². The Labute approximate surface area is 154 Å². The molecule has 1 saturated heterocycles. The average Bonchev–Trinajstić information content (AvgIpc) is 3.43. The number of anilines is 2. The second-order valence-electron chi connectivity index (χ2n) is 7.27. The third-order valence-corrected chi connectivity index (χ3v) is 5.83. The Morgan fingerprint density at radius 2 is 1.80 bits per heavy atom. The van der Waals surface area contributed by atoms with Crippen LogP contribution in [0.3, 0.4) is 0 Å². The first kappa shape index (κ1) is 16.6. The number of piperidine rings is 1. The lowest BCUT2D eigenvalue weighted by molar-refractivity contribution is 0.343. The monoisotopic (exact) mass is 356 g/mol. The number of para-hydroxylation sites is 1. The lowest BCUT2D eigenvalue weighted by atomic mass is 9.90. The second-order valence-corrected chi connectivity index (χ2v) is 7.70. The predicted molar refractivity (Wildman–Crippen MR) is 103 cm³/mol. The van der Waals surface area contributed by atoms with E-state index in [1.165, 1.54) is 31.4 Å². The predicted octanol–water partition coefficient (Wildman–Crippen LogP) is 4.48. The van der Waals surface area contributed by atoms with E-state index in [2.05, 4.69) is 50.5 Å². The fourth-order valence-electron chi connectivity index (χ4n) is 4.13. The van der Waals surface area contributed by atoms with E-state index in [0.29, 0.717) is 5.02 Å². The van der Waals surface area contributed by atoms with Gasteiger partial charge in [0.1, 0.15) is 0 Å². The lowest BCUT2D eigenvalue weighted by Crippen LogP contribution is -2.35. The fraction of sp³-hybridized carbons (Fsp3) is 0.500. The van der Waals surface area contributed by atoms with Gasteiger partial charge in [0.2, 0.25) is 5.95 Å². The Bertz CT molecular complexity index is 668. The highest BCUT2D eigenvalue weighted by molar-refractivity contribution is 6.30. The smallest absolute Gasteiger partial charge is 0.225 e. The van der Waals surface area contributed by atoms with E-state index in [-0.39, 0.29) is 0 Å². The van der Waals surface area contributed by atoms with Crippen LogP contribution in [0.4, 0.5) is 11.6 Å². The van der Waals surface area contributed by atoms with Crippen molar-refractivity contribution in [3.05, 3.63) is 47.7 Å². The Kier molecular flexibility index (Phi) is 5.07. The maximum atomic E-state index is 5.87. The molecule has 0 bridgehead atoms. The van der Waals surface area contributed by atoms with Gasteiger partial charge in [-0.2, -0.15) is 0 Å². The van der Waals surface area contributed by atoms with Gasteiger partial charge in [-0.3, -0.25) is 0 Å². The van der Waals surface area contributed by atoms with Gasteiger partial charge in [-0.05, 0) is 55.6 Å². The molecule has 132 valence electrons. The molecule has 2 aromatic rings. The first-order valence-corrected chi connectivity index (χ1v) is 9.69. The van der Waals surface area contributed by atoms with Crippen LogP contribution in [-0.4, -0.2) is 29.6 Å². The highest BCUT2D eigenvalue weighted by atomic mass is 35.5. The van der Waals surface area contributed by atoms with E-state index in [1.807, 2.05) is 0 Å². The number of nitrogens with zero attached hydrogens (tertiary/aromatic N) is 3. The largest absolute Gasteiger partial charge is 0.385 e. The maximum Gasteiger partial charge on any atom is 0.225 e. The third-order valence-electron chi connectivity index (χ3n) is 5.63. The minimum atomic E-state index is 0.601. The Hall–Kier alpha value is -1.81. The normalized spacial score (nSPS) is 23.5. The Morgan fingerprint density at radius 1 is 1.08 bits per heavy atom. The third kappa shape index (κ3) is 4.24. The van der Waals surface area contributed by atoms with Gasteiger partial charge in [-0.15, -0.1) is 0 Å². The van der Waals surface area contributed by atoms with Crippen LogP contribution in [0, 0.1) is 17.8 Å². The lowest BCUT2D eigenvalue weighted by Gasteiger charge is -2.32. The molecule has 1 aromatic heterocycles. The number of hydrogen-bond acceptors (Lipinski definition) is 4. The van der Waals surface area contributed by atoms with Crippen molar-refractivity contribution in [2.75, 3.05) is 29.9 Å². The van der Waals surface area contributed by atoms with Crippen molar-refractivity contribution in [1.29, 1.82) is 0 Å². The van der Waals surface area contributed by atoms with Gasteiger partial charge in [0.25, 0.3) is 0 Å². The summed E-state index contributed by atoms with van der Waals surface area (Å²) in [5.74, 6) is 3.55. The summed E-state index contributed by atoms with van der Waals surface area (Å²) in [5, 5.41) is 4.14. The molecule has 0 spiro atoms. The zero-order chi connectivity index (χ0) is 17.1. The van der Waals surface area contributed by atoms with Crippen LogP contribution < -0.4 is 10.2 Å². The van der Waals surface area contributed by atoms with Crippen LogP contribution in [0.15, 0.2) is 42.7 Å². The number of halogens is 1. The number of aromatic nitrogens is 2. The van der Waals surface area contributed by atoms with Crippen LogP contribution >= 0.6 is 11.6 Å². The van der Waals surface area contributed by atoms with Crippen molar-refractivity contribution in [2.24, 2.45) is 17.8 Å². The van der Waals surface area contributed by atoms with Gasteiger partial charge in [-0.25, -0.2) is 9.97 Å². The zero-order valence-corrected chi connectivity index (χ0v) is 15.2. The van der Waals surface area contributed by atoms with Crippen molar-refractivity contribution in [2.45, 2.75) is 25.7 Å². The molecule has 4 nitrogen and oxygen atoms in total. The molecule has 2 aliphatic rings. The summed E-state index contributed by atoms with van der Waals surface area (Å²) in [6, 6.07) is 10.5. The first-order chi connectivity index (χ1) is 12.3. The molecule has 0 unspecified atom stereocenters. The Balaban J connectivity index is 1.18. The molecule has 2 fully saturated rings. The van der Waals surface area contributed by atoms with Crippen LogP contribution in [0.25, 0.3) is 0 Å². The van der Waals surface area contributed by atoms with Crippen molar-refractivity contribution in [3.8, 4) is 0 Å². The van der Waals surface area contributed by atoms with Crippen molar-refractivity contribution >= 4 is 23.2 Å². The molecule has 2 heterocycles. The van der Waals surface area contributed by atoms with Crippen molar-refractivity contribution < 1.29 is 0 Å². The van der Waals surface area contributed by atoms with Crippen molar-refractivity contribution in [1.82, 2.24) is 9.97 Å². The number of rotatable bonds is 6. The van der Waals surface area contributed by atoms with Crippen molar-refractivity contribution in [3.63, 3.8) is 0 Å². The summed E-state index contributed by atoms with van der Waals surface area (Å²) >= 11 is 5.87. The molecule has 0 radical (unpaired) electrons. The van der Waals surface area contributed by atoms with Gasteiger partial charge in [0.05, 0.1) is 17.4 Å². The van der Waals surface area contributed by atoms with E-state index in [0.717, 1.165) is 43.3 Å². The van der Waals surface area contributed by atoms with E-state index in [9.17, 15) is 0 Å². The summed E-state index contributed by atoms with van der Waals surface area (Å²) in [6.07, 6.45) is 8.61. The molecule has 1 N–H and O–H groups in total. The van der Waals surface area contributed by atoms with E-state index < -0.39 is 0 Å². The average molecular weight is 357 g/mol. The topological polar surface area (TPSA) is 41.1 Å². The number of nitrogens with one attached hydrogen (secondary N) is 1. The molecule has 4 rings (SSSR count). The number of benzene rings is 1. The molecule has 0 amide bonds. The van der Waals surface area contributed by atoms with Gasteiger partial charge >= 0.3 is 0 Å². The van der Waals surface area contributed by atoms with Gasteiger partial charge < -0.3 is 10.2 Å². The molecule has 5 heteroatoms. The molecular weight excluding hydrogens is 332 g/mol. The highest BCUT2D eigenvalue weighted by Gasteiger charge is 2.43. The van der Waals surface area contributed by atoms with Crippen LogP contribution in [-0.2, 0) is 0 Å². The van der Waals surface area contributed by atoms with Gasteiger partial charge in [0, 0.05) is 25.3 Å². The summed E-state index contributed by atoms with van der Waals surface area (Å²) in [7, 11) is 0. The molecule has 1 aliphatic heterocycles. The summed E-state index contributed by atoms with van der Waals surface area (Å²) < 4.78 is 0. The molecule has 2 atom stereocenters. The summed E-state index contributed by atoms with van der Waals surface area (Å²) in [4.78, 5) is 11.0. The van der Waals surface area contributed by atoms with E-state index in [4.69, 9.17) is 11.6 Å². The number of hydrogen-bond donors (Lipinski definition) is 1. The first-order valence-electron chi connectivity index (χ1n) is 9.31. The molecule has 1 aliphatic carbocycles. The zero-order valence-electron chi connectivity index (χ0n) is 14.4. The summed E-state index contributed by atoms with van der Waals surface area (Å²) in [5.41, 5.74) is 1.23. The minimum Gasteiger partial charge on any atom is -0.385 e. The molecule has 1 saturated carbocycles. The second kappa shape index (κ2) is 7.61. The van der Waals surface area contributed by atoms with Crippen LogP contribution in [0.5, 0.6) is 0 Å². The maximum absolute atomic E-state index is 5.87. The minimum absolute atomic E-state index is 0.601. The quantitative estimate of drug-likeness (QED) is 0.828. The molecule has 25 heavy (non-hydrogen) atoms. The molecule has 1 aromatic carbocycles. The molecular formula is C20H25ClN4. The highest BCUT2D eigenvalue weighted by Crippen LogP contribution is 2.49. The summed E-state index contributed by atoms with van der Waals surface area (Å²) in [6.45, 7) is 3.22. The SMILES string of the molecule is Clc1cnc(N2CCC([C@H]3C[C@H]3CCNc3ccccc3)CC2)nc1.